The molecule has 2 aromatic carbocycles. The van der Waals surface area contributed by atoms with Gasteiger partial charge in [0.2, 0.25) is 17.6 Å². The normalized spacial score (nSPS) is 10.5. The van der Waals surface area contributed by atoms with Gasteiger partial charge in [0.15, 0.2) is 0 Å². The minimum Gasteiger partial charge on any atom is -0.497 e. The maximum Gasteiger partial charge on any atom is 0.269 e. The number of benzene rings is 2. The largest absolute Gasteiger partial charge is 0.497 e. The first kappa shape index (κ1) is 19.0. The first-order valence-corrected chi connectivity index (χ1v) is 8.40. The summed E-state index contributed by atoms with van der Waals surface area (Å²) in [6.07, 6.45) is 0.119. The molecule has 144 valence electrons. The SMILES string of the molecule is COc1ccc(-c2noc(CN(C)C(=O)Cc3ccc([N+](=O)[O-])cc3)n2)cc1. The standard InChI is InChI=1S/C19H18N4O5/c1-22(18(24)11-13-3-7-15(8-4-13)23(25)26)12-17-20-19(21-28-17)14-5-9-16(27-2)10-6-14/h3-10H,11-12H2,1-2H3. The van der Waals surface area contributed by atoms with Crippen LogP contribution in [0.25, 0.3) is 11.4 Å². The number of carbonyl (C=O) groups excluding carboxylic acids is 1. The Labute approximate surface area is 160 Å². The van der Waals surface area contributed by atoms with Crippen molar-refractivity contribution in [3.05, 3.63) is 70.1 Å². The summed E-state index contributed by atoms with van der Waals surface area (Å²) in [5.74, 6) is 1.29. The quantitative estimate of drug-likeness (QED) is 0.456. The van der Waals surface area contributed by atoms with Gasteiger partial charge in [-0.15, -0.1) is 0 Å². The number of ether oxygens (including phenoxy) is 1. The van der Waals surface area contributed by atoms with Crippen molar-refractivity contribution in [1.29, 1.82) is 0 Å². The van der Waals surface area contributed by atoms with Crippen LogP contribution in [0.1, 0.15) is 11.5 Å². The molecule has 9 heteroatoms. The van der Waals surface area contributed by atoms with Crippen LogP contribution in [0, 0.1) is 10.1 Å². The van der Waals surface area contributed by atoms with Gasteiger partial charge >= 0.3 is 0 Å². The van der Waals surface area contributed by atoms with Crippen LogP contribution in [0.5, 0.6) is 5.75 Å². The molecule has 9 nitrogen and oxygen atoms in total. The minimum atomic E-state index is -0.478. The van der Waals surface area contributed by atoms with Gasteiger partial charge in [-0.1, -0.05) is 17.3 Å². The van der Waals surface area contributed by atoms with E-state index in [1.807, 2.05) is 12.1 Å². The number of nitro groups is 1. The predicted octanol–water partition coefficient (Wildman–Crippen LogP) is 2.85. The highest BCUT2D eigenvalue weighted by molar-refractivity contribution is 5.78. The summed E-state index contributed by atoms with van der Waals surface area (Å²) >= 11 is 0. The van der Waals surface area contributed by atoms with Crippen LogP contribution in [0.2, 0.25) is 0 Å². The number of nitrogens with zero attached hydrogens (tertiary/aromatic N) is 4. The van der Waals surface area contributed by atoms with E-state index in [1.165, 1.54) is 17.0 Å². The molecule has 0 N–H and O–H groups in total. The molecule has 0 saturated carbocycles. The molecule has 28 heavy (non-hydrogen) atoms. The number of carbonyl (C=O) groups is 1. The summed E-state index contributed by atoms with van der Waals surface area (Å²) in [7, 11) is 3.22. The Morgan fingerprint density at radius 2 is 1.86 bits per heavy atom. The Morgan fingerprint density at radius 3 is 2.46 bits per heavy atom. The van der Waals surface area contributed by atoms with E-state index in [1.54, 1.807) is 38.4 Å². The van der Waals surface area contributed by atoms with Gasteiger partial charge in [0.05, 0.1) is 25.0 Å². The van der Waals surface area contributed by atoms with E-state index in [4.69, 9.17) is 9.26 Å². The zero-order chi connectivity index (χ0) is 20.1. The lowest BCUT2D eigenvalue weighted by atomic mass is 10.1. The summed E-state index contributed by atoms with van der Waals surface area (Å²) < 4.78 is 10.3. The third kappa shape index (κ3) is 4.50. The van der Waals surface area contributed by atoms with Gasteiger partial charge in [0.25, 0.3) is 5.69 Å². The number of likely N-dealkylation sites (N-methyl/N-ethyl adjacent to an activating group) is 1. The number of hydrogen-bond acceptors (Lipinski definition) is 7. The average Bonchev–Trinajstić information content (AvgIpc) is 3.17. The summed E-state index contributed by atoms with van der Waals surface area (Å²) in [4.78, 5) is 28.3. The highest BCUT2D eigenvalue weighted by Crippen LogP contribution is 2.20. The molecule has 3 rings (SSSR count). The van der Waals surface area contributed by atoms with Crippen molar-refractivity contribution in [3.63, 3.8) is 0 Å². The molecule has 0 bridgehead atoms. The molecule has 3 aromatic rings. The predicted molar refractivity (Wildman–Crippen MR) is 99.6 cm³/mol. The lowest BCUT2D eigenvalue weighted by Gasteiger charge is -2.14. The van der Waals surface area contributed by atoms with E-state index < -0.39 is 4.92 Å². The number of rotatable bonds is 7. The summed E-state index contributed by atoms with van der Waals surface area (Å²) in [5.41, 5.74) is 1.45. The van der Waals surface area contributed by atoms with Crippen LogP contribution < -0.4 is 4.74 Å². The fourth-order valence-electron chi connectivity index (χ4n) is 2.51. The first-order chi connectivity index (χ1) is 13.5. The second-order valence-corrected chi connectivity index (χ2v) is 6.09. The fraction of sp³-hybridized carbons (Fsp3) is 0.211. The van der Waals surface area contributed by atoms with E-state index in [-0.39, 0.29) is 24.6 Å². The number of aromatic nitrogens is 2. The van der Waals surface area contributed by atoms with Gasteiger partial charge in [-0.3, -0.25) is 14.9 Å². The van der Waals surface area contributed by atoms with Crippen LogP contribution in [0.15, 0.2) is 53.1 Å². The third-order valence-electron chi connectivity index (χ3n) is 4.12. The monoisotopic (exact) mass is 382 g/mol. The van der Waals surface area contributed by atoms with Gasteiger partial charge in [0.1, 0.15) is 5.75 Å². The number of nitro benzene ring substituents is 1. The molecule has 0 unspecified atom stereocenters. The van der Waals surface area contributed by atoms with Crippen molar-refractivity contribution in [2.45, 2.75) is 13.0 Å². The molecule has 1 heterocycles. The van der Waals surface area contributed by atoms with Crippen molar-refractivity contribution >= 4 is 11.6 Å². The molecule has 0 fully saturated rings. The number of hydrogen-bond donors (Lipinski definition) is 0. The van der Waals surface area contributed by atoms with Gasteiger partial charge in [-0.05, 0) is 29.8 Å². The molecule has 0 atom stereocenters. The number of methoxy groups -OCH3 is 1. The Hall–Kier alpha value is -3.75. The number of non-ortho nitro benzene ring substituents is 1. The molecule has 0 saturated heterocycles. The van der Waals surface area contributed by atoms with Crippen LogP contribution >= 0.6 is 0 Å². The van der Waals surface area contributed by atoms with Crippen molar-refractivity contribution < 1.29 is 19.0 Å². The molecule has 1 amide bonds. The van der Waals surface area contributed by atoms with Crippen molar-refractivity contribution in [2.75, 3.05) is 14.2 Å². The Bertz CT molecular complexity index is 967. The fourth-order valence-corrected chi connectivity index (χ4v) is 2.51. The van der Waals surface area contributed by atoms with Crippen LogP contribution in [-0.4, -0.2) is 40.0 Å². The van der Waals surface area contributed by atoms with Gasteiger partial charge in [-0.25, -0.2) is 0 Å². The lowest BCUT2D eigenvalue weighted by molar-refractivity contribution is -0.384. The maximum absolute atomic E-state index is 12.4. The summed E-state index contributed by atoms with van der Waals surface area (Å²) in [5, 5.41) is 14.6. The molecule has 0 radical (unpaired) electrons. The van der Waals surface area contributed by atoms with E-state index in [2.05, 4.69) is 10.1 Å². The highest BCUT2D eigenvalue weighted by atomic mass is 16.6. The van der Waals surface area contributed by atoms with E-state index in [0.29, 0.717) is 17.3 Å². The summed E-state index contributed by atoms with van der Waals surface area (Å²) in [6.45, 7) is 0.162. The zero-order valence-corrected chi connectivity index (χ0v) is 15.4. The smallest absolute Gasteiger partial charge is 0.269 e. The molecule has 0 aliphatic rings. The average molecular weight is 382 g/mol. The van der Waals surface area contributed by atoms with E-state index >= 15 is 0 Å². The Balaban J connectivity index is 1.60. The van der Waals surface area contributed by atoms with Crippen molar-refractivity contribution in [1.82, 2.24) is 15.0 Å². The van der Waals surface area contributed by atoms with Crippen LogP contribution in [-0.2, 0) is 17.8 Å². The van der Waals surface area contributed by atoms with Gasteiger partial charge in [-0.2, -0.15) is 4.98 Å². The Kier molecular flexibility index (Phi) is 5.64. The minimum absolute atomic E-state index is 0.0125. The van der Waals surface area contributed by atoms with E-state index in [9.17, 15) is 14.9 Å². The first-order valence-electron chi connectivity index (χ1n) is 8.40. The van der Waals surface area contributed by atoms with Gasteiger partial charge in [0, 0.05) is 24.7 Å². The maximum atomic E-state index is 12.4. The second kappa shape index (κ2) is 8.30. The third-order valence-corrected chi connectivity index (χ3v) is 4.12. The molecular formula is C19H18N4O5. The molecule has 0 aliphatic heterocycles. The van der Waals surface area contributed by atoms with Gasteiger partial charge < -0.3 is 14.2 Å². The number of amides is 1. The molecule has 0 spiro atoms. The molecular weight excluding hydrogens is 364 g/mol. The molecule has 1 aromatic heterocycles. The van der Waals surface area contributed by atoms with Crippen molar-refractivity contribution in [2.24, 2.45) is 0 Å². The molecule has 0 aliphatic carbocycles. The van der Waals surface area contributed by atoms with E-state index in [0.717, 1.165) is 11.3 Å². The Morgan fingerprint density at radius 1 is 1.18 bits per heavy atom. The second-order valence-electron chi connectivity index (χ2n) is 6.09. The van der Waals surface area contributed by atoms with Crippen LogP contribution in [0.3, 0.4) is 0 Å². The topological polar surface area (TPSA) is 112 Å². The highest BCUT2D eigenvalue weighted by Gasteiger charge is 2.16. The summed E-state index contributed by atoms with van der Waals surface area (Å²) in [6, 6.07) is 13.1. The lowest BCUT2D eigenvalue weighted by Crippen LogP contribution is -2.27. The van der Waals surface area contributed by atoms with Crippen molar-refractivity contribution in [3.8, 4) is 17.1 Å². The zero-order valence-electron chi connectivity index (χ0n) is 15.4. The van der Waals surface area contributed by atoms with Crippen LogP contribution in [0.4, 0.5) is 5.69 Å².